The predicted molar refractivity (Wildman–Crippen MR) is 64.0 cm³/mol. The average Bonchev–Trinajstić information content (AvgIpc) is 2.75. The van der Waals surface area contributed by atoms with E-state index in [-0.39, 0.29) is 6.04 Å². The van der Waals surface area contributed by atoms with Crippen molar-refractivity contribution in [2.24, 2.45) is 23.7 Å². The van der Waals surface area contributed by atoms with Crippen LogP contribution in [0.5, 0.6) is 0 Å². The minimum atomic E-state index is 0.245. The first-order chi connectivity index (χ1) is 7.59. The lowest BCUT2D eigenvalue weighted by Gasteiger charge is -2.27. The molecule has 1 atom stereocenters. The molecular formula is C11H19N5. The van der Waals surface area contributed by atoms with Gasteiger partial charge in [0.15, 0.2) is 5.96 Å². The Morgan fingerprint density at radius 2 is 2.31 bits per heavy atom. The van der Waals surface area contributed by atoms with E-state index in [9.17, 15) is 0 Å². The summed E-state index contributed by atoms with van der Waals surface area (Å²) in [6.45, 7) is 6.04. The predicted octanol–water partition coefficient (Wildman–Crippen LogP) is 0.747. The maximum absolute atomic E-state index is 5.92. The fraction of sp³-hybridized carbons (Fsp3) is 0.636. The van der Waals surface area contributed by atoms with Gasteiger partial charge in [-0.15, -0.1) is 0 Å². The van der Waals surface area contributed by atoms with Crippen LogP contribution in [-0.2, 0) is 7.05 Å². The molecule has 0 bridgehead atoms. The van der Waals surface area contributed by atoms with Crippen LogP contribution < -0.4 is 5.73 Å². The van der Waals surface area contributed by atoms with Crippen molar-refractivity contribution in [2.75, 3.05) is 13.1 Å². The summed E-state index contributed by atoms with van der Waals surface area (Å²) < 4.78 is 2.03. The van der Waals surface area contributed by atoms with Crippen molar-refractivity contribution in [3.63, 3.8) is 0 Å². The highest BCUT2D eigenvalue weighted by Gasteiger charge is 2.29. The third-order valence-corrected chi connectivity index (χ3v) is 2.85. The van der Waals surface area contributed by atoms with Crippen LogP contribution in [0, 0.1) is 5.92 Å². The zero-order chi connectivity index (χ0) is 11.7. The van der Waals surface area contributed by atoms with E-state index in [1.807, 2.05) is 24.1 Å². The van der Waals surface area contributed by atoms with E-state index >= 15 is 0 Å². The molecule has 0 aromatic carbocycles. The topological polar surface area (TPSA) is 59.4 Å². The molecule has 16 heavy (non-hydrogen) atoms. The molecule has 0 radical (unpaired) electrons. The van der Waals surface area contributed by atoms with E-state index in [0.717, 1.165) is 13.1 Å². The van der Waals surface area contributed by atoms with Crippen molar-refractivity contribution >= 4 is 5.96 Å². The van der Waals surface area contributed by atoms with Gasteiger partial charge in [-0.25, -0.2) is 4.98 Å². The van der Waals surface area contributed by atoms with Crippen molar-refractivity contribution in [2.45, 2.75) is 19.9 Å². The van der Waals surface area contributed by atoms with Gasteiger partial charge in [-0.2, -0.15) is 0 Å². The number of aryl methyl sites for hydroxylation is 1. The normalized spacial score (nSPS) is 20.6. The van der Waals surface area contributed by atoms with E-state index in [0.29, 0.717) is 11.9 Å². The van der Waals surface area contributed by atoms with Crippen molar-refractivity contribution in [3.8, 4) is 0 Å². The van der Waals surface area contributed by atoms with Crippen molar-refractivity contribution < 1.29 is 0 Å². The number of nitrogens with two attached hydrogens (primary N) is 1. The van der Waals surface area contributed by atoms with Crippen molar-refractivity contribution in [1.29, 1.82) is 0 Å². The summed E-state index contributed by atoms with van der Waals surface area (Å²) in [7, 11) is 2.00. The van der Waals surface area contributed by atoms with Crippen LogP contribution in [0.1, 0.15) is 25.6 Å². The van der Waals surface area contributed by atoms with E-state index in [4.69, 9.17) is 5.73 Å². The molecule has 5 nitrogen and oxygen atoms in total. The summed E-state index contributed by atoms with van der Waals surface area (Å²) >= 11 is 0. The van der Waals surface area contributed by atoms with Gasteiger partial charge in [-0.3, -0.25) is 4.99 Å². The first kappa shape index (κ1) is 11.0. The number of rotatable bonds is 3. The number of hydrogen-bond acceptors (Lipinski definition) is 4. The van der Waals surface area contributed by atoms with Gasteiger partial charge in [0.1, 0.15) is 0 Å². The molecule has 0 amide bonds. The second kappa shape index (κ2) is 4.15. The summed E-state index contributed by atoms with van der Waals surface area (Å²) in [4.78, 5) is 10.6. The molecule has 1 aromatic heterocycles. The van der Waals surface area contributed by atoms with Crippen LogP contribution in [0.2, 0.25) is 0 Å². The largest absolute Gasteiger partial charge is 0.370 e. The maximum atomic E-state index is 5.92. The van der Waals surface area contributed by atoms with Gasteiger partial charge in [0, 0.05) is 13.6 Å². The van der Waals surface area contributed by atoms with Gasteiger partial charge in [0.05, 0.1) is 30.8 Å². The molecule has 2 rings (SSSR count). The SMILES string of the molecule is CC(C)CN1C(N)=NCC1c1cncn1C. The van der Waals surface area contributed by atoms with Crippen LogP contribution in [-0.4, -0.2) is 33.5 Å². The van der Waals surface area contributed by atoms with E-state index in [1.165, 1.54) is 5.69 Å². The van der Waals surface area contributed by atoms with Gasteiger partial charge in [0.2, 0.25) is 0 Å². The number of nitrogens with zero attached hydrogens (tertiary/aromatic N) is 4. The summed E-state index contributed by atoms with van der Waals surface area (Å²) in [5.41, 5.74) is 7.09. The Kier molecular flexibility index (Phi) is 2.85. The minimum absolute atomic E-state index is 0.245. The molecule has 2 N–H and O–H groups in total. The van der Waals surface area contributed by atoms with Crippen LogP contribution in [0.4, 0.5) is 0 Å². The highest BCUT2D eigenvalue weighted by molar-refractivity contribution is 5.80. The molecule has 0 saturated carbocycles. The third kappa shape index (κ3) is 1.89. The van der Waals surface area contributed by atoms with E-state index < -0.39 is 0 Å². The number of hydrogen-bond donors (Lipinski definition) is 1. The molecular weight excluding hydrogens is 202 g/mol. The quantitative estimate of drug-likeness (QED) is 0.819. The van der Waals surface area contributed by atoms with Crippen LogP contribution >= 0.6 is 0 Å². The monoisotopic (exact) mass is 221 g/mol. The molecule has 5 heteroatoms. The fourth-order valence-electron chi connectivity index (χ4n) is 2.08. The first-order valence-corrected chi connectivity index (χ1v) is 5.62. The van der Waals surface area contributed by atoms with Crippen LogP contribution in [0.15, 0.2) is 17.5 Å². The number of imidazole rings is 1. The van der Waals surface area contributed by atoms with Gasteiger partial charge in [-0.05, 0) is 5.92 Å². The molecule has 0 aliphatic carbocycles. The number of aliphatic imine (C=N–C) groups is 1. The van der Waals surface area contributed by atoms with Crippen molar-refractivity contribution in [3.05, 3.63) is 18.2 Å². The van der Waals surface area contributed by atoms with Gasteiger partial charge < -0.3 is 15.2 Å². The van der Waals surface area contributed by atoms with Gasteiger partial charge >= 0.3 is 0 Å². The van der Waals surface area contributed by atoms with Gasteiger partial charge in [-0.1, -0.05) is 13.8 Å². The Hall–Kier alpha value is -1.52. The first-order valence-electron chi connectivity index (χ1n) is 5.62. The Bertz CT molecular complexity index is 393. The number of aromatic nitrogens is 2. The van der Waals surface area contributed by atoms with E-state index in [2.05, 4.69) is 28.7 Å². The molecule has 1 aliphatic rings. The standard InChI is InChI=1S/C11H19N5/c1-8(2)6-16-10(5-14-11(16)12)9-4-13-7-15(9)3/h4,7-8,10H,5-6H2,1-3H3,(H2,12,14). The molecule has 0 fully saturated rings. The smallest absolute Gasteiger partial charge is 0.191 e. The molecule has 0 spiro atoms. The van der Waals surface area contributed by atoms with Crippen molar-refractivity contribution in [1.82, 2.24) is 14.5 Å². The maximum Gasteiger partial charge on any atom is 0.191 e. The summed E-state index contributed by atoms with van der Waals surface area (Å²) in [5.74, 6) is 1.22. The van der Waals surface area contributed by atoms with Gasteiger partial charge in [0.25, 0.3) is 0 Å². The Balaban J connectivity index is 2.20. The lowest BCUT2D eigenvalue weighted by atomic mass is 10.1. The minimum Gasteiger partial charge on any atom is -0.370 e. The number of guanidine groups is 1. The third-order valence-electron chi connectivity index (χ3n) is 2.85. The lowest BCUT2D eigenvalue weighted by Crippen LogP contribution is -2.39. The zero-order valence-corrected chi connectivity index (χ0v) is 10.1. The zero-order valence-electron chi connectivity index (χ0n) is 10.1. The highest BCUT2D eigenvalue weighted by Crippen LogP contribution is 2.25. The molecule has 2 heterocycles. The molecule has 88 valence electrons. The summed E-state index contributed by atoms with van der Waals surface area (Å²) in [6.07, 6.45) is 3.71. The van der Waals surface area contributed by atoms with Crippen LogP contribution in [0.3, 0.4) is 0 Å². The Morgan fingerprint density at radius 3 is 2.88 bits per heavy atom. The second-order valence-electron chi connectivity index (χ2n) is 4.69. The molecule has 1 aliphatic heterocycles. The highest BCUT2D eigenvalue weighted by atomic mass is 15.3. The molecule has 0 saturated heterocycles. The average molecular weight is 221 g/mol. The van der Waals surface area contributed by atoms with Crippen LogP contribution in [0.25, 0.3) is 0 Å². The lowest BCUT2D eigenvalue weighted by molar-refractivity contribution is 0.300. The Labute approximate surface area is 96.0 Å². The van der Waals surface area contributed by atoms with E-state index in [1.54, 1.807) is 0 Å². The summed E-state index contributed by atoms with van der Waals surface area (Å²) in [6, 6.07) is 0.245. The molecule has 1 unspecified atom stereocenters. The summed E-state index contributed by atoms with van der Waals surface area (Å²) in [5, 5.41) is 0. The molecule has 1 aromatic rings. The second-order valence-corrected chi connectivity index (χ2v) is 4.69. The fourth-order valence-corrected chi connectivity index (χ4v) is 2.08. The Morgan fingerprint density at radius 1 is 1.56 bits per heavy atom.